The Morgan fingerprint density at radius 2 is 1.71 bits per heavy atom. The number of aryl methyl sites for hydroxylation is 2. The second kappa shape index (κ2) is 6.82. The van der Waals surface area contributed by atoms with Crippen molar-refractivity contribution in [2.75, 3.05) is 14.2 Å². The lowest BCUT2D eigenvalue weighted by Gasteiger charge is -2.22. The van der Waals surface area contributed by atoms with E-state index in [1.807, 2.05) is 19.2 Å². The maximum absolute atomic E-state index is 6.22. The van der Waals surface area contributed by atoms with E-state index in [1.54, 1.807) is 7.11 Å². The topological polar surface area (TPSA) is 21.3 Å². The van der Waals surface area contributed by atoms with Crippen LogP contribution in [0.2, 0.25) is 5.02 Å². The average molecular weight is 369 g/mol. The minimum atomic E-state index is 0.0218. The molecule has 1 atom stereocenters. The summed E-state index contributed by atoms with van der Waals surface area (Å²) < 4.78 is 6.41. The van der Waals surface area contributed by atoms with Crippen molar-refractivity contribution in [3.63, 3.8) is 0 Å². The summed E-state index contributed by atoms with van der Waals surface area (Å²) in [5.41, 5.74) is 4.70. The van der Waals surface area contributed by atoms with Gasteiger partial charge < -0.3 is 10.1 Å². The lowest BCUT2D eigenvalue weighted by molar-refractivity contribution is 0.402. The van der Waals surface area contributed by atoms with Crippen LogP contribution in [-0.2, 0) is 0 Å². The summed E-state index contributed by atoms with van der Waals surface area (Å²) in [5, 5.41) is 4.04. The van der Waals surface area contributed by atoms with Crippen molar-refractivity contribution in [1.82, 2.24) is 5.32 Å². The molecule has 0 amide bonds. The van der Waals surface area contributed by atoms with Gasteiger partial charge in [0, 0.05) is 10.6 Å². The molecule has 0 aliphatic heterocycles. The van der Waals surface area contributed by atoms with Crippen LogP contribution in [0.1, 0.15) is 28.3 Å². The lowest BCUT2D eigenvalue weighted by Crippen LogP contribution is -2.19. The summed E-state index contributed by atoms with van der Waals surface area (Å²) in [4.78, 5) is 0. The van der Waals surface area contributed by atoms with E-state index in [2.05, 4.69) is 53.3 Å². The zero-order valence-electron chi connectivity index (χ0n) is 12.6. The van der Waals surface area contributed by atoms with Crippen molar-refractivity contribution in [3.8, 4) is 5.75 Å². The van der Waals surface area contributed by atoms with Gasteiger partial charge in [0.1, 0.15) is 5.75 Å². The molecule has 0 saturated carbocycles. The second-order valence-electron chi connectivity index (χ2n) is 5.15. The number of hydrogen-bond donors (Lipinski definition) is 1. The highest BCUT2D eigenvalue weighted by molar-refractivity contribution is 9.10. The number of nitrogens with one attached hydrogen (secondary N) is 1. The summed E-state index contributed by atoms with van der Waals surface area (Å²) in [6.07, 6.45) is 0. The van der Waals surface area contributed by atoms with Crippen LogP contribution in [0.25, 0.3) is 0 Å². The summed E-state index contributed by atoms with van der Waals surface area (Å²) >= 11 is 9.74. The van der Waals surface area contributed by atoms with Crippen LogP contribution in [-0.4, -0.2) is 14.2 Å². The zero-order chi connectivity index (χ0) is 15.6. The third-order valence-corrected chi connectivity index (χ3v) is 4.23. The van der Waals surface area contributed by atoms with Crippen LogP contribution < -0.4 is 10.1 Å². The van der Waals surface area contributed by atoms with Gasteiger partial charge in [-0.05, 0) is 54.5 Å². The van der Waals surface area contributed by atoms with Crippen molar-refractivity contribution in [2.24, 2.45) is 0 Å². The molecule has 2 aromatic carbocycles. The van der Waals surface area contributed by atoms with E-state index in [1.165, 1.54) is 16.7 Å². The van der Waals surface area contributed by atoms with Gasteiger partial charge in [-0.15, -0.1) is 0 Å². The largest absolute Gasteiger partial charge is 0.495 e. The van der Waals surface area contributed by atoms with E-state index in [0.717, 1.165) is 15.8 Å². The highest BCUT2D eigenvalue weighted by Gasteiger charge is 2.20. The zero-order valence-corrected chi connectivity index (χ0v) is 15.0. The molecule has 21 heavy (non-hydrogen) atoms. The monoisotopic (exact) mass is 367 g/mol. The molecule has 4 heteroatoms. The van der Waals surface area contributed by atoms with Gasteiger partial charge in [-0.2, -0.15) is 0 Å². The molecule has 0 aromatic heterocycles. The van der Waals surface area contributed by atoms with Crippen molar-refractivity contribution in [3.05, 3.63) is 62.1 Å². The maximum Gasteiger partial charge on any atom is 0.138 e. The van der Waals surface area contributed by atoms with Crippen LogP contribution in [0, 0.1) is 13.8 Å². The van der Waals surface area contributed by atoms with E-state index >= 15 is 0 Å². The number of rotatable bonds is 4. The summed E-state index contributed by atoms with van der Waals surface area (Å²) in [6, 6.07) is 10.3. The molecule has 1 N–H and O–H groups in total. The molecule has 2 nitrogen and oxygen atoms in total. The van der Waals surface area contributed by atoms with Crippen LogP contribution >= 0.6 is 27.5 Å². The summed E-state index contributed by atoms with van der Waals surface area (Å²) in [5.74, 6) is 0.804. The fourth-order valence-electron chi connectivity index (χ4n) is 2.69. The first-order valence-corrected chi connectivity index (χ1v) is 7.91. The molecule has 0 radical (unpaired) electrons. The van der Waals surface area contributed by atoms with Gasteiger partial charge in [0.15, 0.2) is 0 Å². The Hall–Kier alpha value is -1.03. The van der Waals surface area contributed by atoms with Crippen molar-refractivity contribution in [2.45, 2.75) is 19.9 Å². The molecule has 0 heterocycles. The maximum atomic E-state index is 6.22. The Labute approximate surface area is 139 Å². The molecule has 0 aliphatic carbocycles. The standard InChI is InChI=1S/C17H19BrClNO/c1-10-5-11(2)7-12(6-10)16(20-3)14-8-13(19)9-15(18)17(14)21-4/h5-9,16,20H,1-4H3. The van der Waals surface area contributed by atoms with E-state index in [4.69, 9.17) is 16.3 Å². The van der Waals surface area contributed by atoms with E-state index < -0.39 is 0 Å². The Bertz CT molecular complexity index is 637. The molecular formula is C17H19BrClNO. The first-order valence-electron chi connectivity index (χ1n) is 6.74. The molecule has 2 rings (SSSR count). The Balaban J connectivity index is 2.61. The van der Waals surface area contributed by atoms with Crippen LogP contribution in [0.15, 0.2) is 34.8 Å². The summed E-state index contributed by atoms with van der Waals surface area (Å²) in [7, 11) is 3.61. The van der Waals surface area contributed by atoms with Crippen molar-refractivity contribution < 1.29 is 4.74 Å². The molecule has 0 fully saturated rings. The number of benzene rings is 2. The van der Waals surface area contributed by atoms with Gasteiger partial charge in [0.05, 0.1) is 17.6 Å². The van der Waals surface area contributed by atoms with Gasteiger partial charge in [-0.25, -0.2) is 0 Å². The molecular weight excluding hydrogens is 350 g/mol. The fourth-order valence-corrected chi connectivity index (χ4v) is 3.68. The average Bonchev–Trinajstić information content (AvgIpc) is 2.38. The number of ether oxygens (including phenoxy) is 1. The molecule has 0 aliphatic rings. The SMILES string of the molecule is CNC(c1cc(C)cc(C)c1)c1cc(Cl)cc(Br)c1OC. The quantitative estimate of drug-likeness (QED) is 0.816. The second-order valence-corrected chi connectivity index (χ2v) is 6.44. The number of methoxy groups -OCH3 is 1. The summed E-state index contributed by atoms with van der Waals surface area (Å²) in [6.45, 7) is 4.21. The predicted octanol–water partition coefficient (Wildman–Crippen LogP) is 5.04. The number of halogens is 2. The van der Waals surface area contributed by atoms with Crippen molar-refractivity contribution >= 4 is 27.5 Å². The molecule has 1 unspecified atom stereocenters. The third kappa shape index (κ3) is 3.60. The normalized spacial score (nSPS) is 12.3. The third-order valence-electron chi connectivity index (χ3n) is 3.42. The number of hydrogen-bond acceptors (Lipinski definition) is 2. The molecule has 0 spiro atoms. The van der Waals surface area contributed by atoms with Crippen LogP contribution in [0.4, 0.5) is 0 Å². The predicted molar refractivity (Wildman–Crippen MR) is 92.5 cm³/mol. The minimum absolute atomic E-state index is 0.0218. The fraction of sp³-hybridized carbons (Fsp3) is 0.294. The van der Waals surface area contributed by atoms with E-state index in [-0.39, 0.29) is 6.04 Å². The molecule has 2 aromatic rings. The van der Waals surface area contributed by atoms with Gasteiger partial charge >= 0.3 is 0 Å². The Morgan fingerprint density at radius 1 is 1.10 bits per heavy atom. The van der Waals surface area contributed by atoms with Crippen LogP contribution in [0.5, 0.6) is 5.75 Å². The smallest absolute Gasteiger partial charge is 0.138 e. The molecule has 0 saturated heterocycles. The van der Waals surface area contributed by atoms with E-state index in [9.17, 15) is 0 Å². The van der Waals surface area contributed by atoms with Gasteiger partial charge in [0.2, 0.25) is 0 Å². The van der Waals surface area contributed by atoms with Gasteiger partial charge in [0.25, 0.3) is 0 Å². The Kier molecular flexibility index (Phi) is 5.31. The van der Waals surface area contributed by atoms with E-state index in [0.29, 0.717) is 5.02 Å². The van der Waals surface area contributed by atoms with Crippen LogP contribution in [0.3, 0.4) is 0 Å². The van der Waals surface area contributed by atoms with Gasteiger partial charge in [-0.1, -0.05) is 40.9 Å². The Morgan fingerprint density at radius 3 is 2.24 bits per heavy atom. The highest BCUT2D eigenvalue weighted by Crippen LogP contribution is 2.38. The lowest BCUT2D eigenvalue weighted by atomic mass is 9.95. The molecule has 112 valence electrons. The van der Waals surface area contributed by atoms with Gasteiger partial charge in [-0.3, -0.25) is 0 Å². The first-order chi connectivity index (χ1) is 9.96. The molecule has 0 bridgehead atoms. The highest BCUT2D eigenvalue weighted by atomic mass is 79.9. The van der Waals surface area contributed by atoms with Crippen molar-refractivity contribution in [1.29, 1.82) is 0 Å². The minimum Gasteiger partial charge on any atom is -0.495 e. The first kappa shape index (κ1) is 16.3.